The van der Waals surface area contributed by atoms with Crippen LogP contribution in [0.2, 0.25) is 0 Å². The number of rotatable bonds is 3. The lowest BCUT2D eigenvalue weighted by Crippen LogP contribution is -2.34. The van der Waals surface area contributed by atoms with Crippen LogP contribution < -0.4 is 15.0 Å². The van der Waals surface area contributed by atoms with Gasteiger partial charge in [0.2, 0.25) is 0 Å². The largest absolute Gasteiger partial charge is 0.490 e. The minimum atomic E-state index is -0.249. The Hall–Kier alpha value is -1.29. The maximum Gasteiger partial charge on any atom is 0.143 e. The summed E-state index contributed by atoms with van der Waals surface area (Å²) < 4.78 is 18.4. The molecule has 1 N–H and O–H groups in total. The molecule has 0 fully saturated rings. The number of ether oxygens (including phenoxy) is 1. The van der Waals surface area contributed by atoms with Crippen molar-refractivity contribution in [3.8, 4) is 5.75 Å². The smallest absolute Gasteiger partial charge is 0.143 e. The summed E-state index contributed by atoms with van der Waals surface area (Å²) in [7, 11) is 0. The van der Waals surface area contributed by atoms with Gasteiger partial charge in [0, 0.05) is 6.54 Å². The van der Waals surface area contributed by atoms with Crippen LogP contribution in [0.15, 0.2) is 6.07 Å². The highest BCUT2D eigenvalue weighted by Crippen LogP contribution is 2.39. The Labute approximate surface area is 120 Å². The van der Waals surface area contributed by atoms with E-state index in [0.717, 1.165) is 44.8 Å². The van der Waals surface area contributed by atoms with Gasteiger partial charge in [-0.05, 0) is 62.0 Å². The molecule has 110 valence electrons. The van der Waals surface area contributed by atoms with Gasteiger partial charge in [-0.15, -0.1) is 0 Å². The van der Waals surface area contributed by atoms with Crippen molar-refractivity contribution in [2.45, 2.75) is 26.2 Å². The van der Waals surface area contributed by atoms with Crippen molar-refractivity contribution < 1.29 is 9.13 Å². The minimum absolute atomic E-state index is 0.249. The molecule has 3 rings (SSSR count). The number of fused-ring (bicyclic) bond motifs is 2. The first-order chi connectivity index (χ1) is 9.81. The number of alkyl halides is 1. The Morgan fingerprint density at radius 2 is 2.20 bits per heavy atom. The van der Waals surface area contributed by atoms with Gasteiger partial charge in [-0.3, -0.25) is 4.39 Å². The van der Waals surface area contributed by atoms with Crippen LogP contribution in [-0.2, 0) is 12.8 Å². The minimum Gasteiger partial charge on any atom is -0.490 e. The van der Waals surface area contributed by atoms with Crippen LogP contribution in [0.4, 0.5) is 10.1 Å². The molecular formula is C16H23FN2O. The fourth-order valence-corrected chi connectivity index (χ4v) is 3.37. The van der Waals surface area contributed by atoms with Gasteiger partial charge in [0.15, 0.2) is 0 Å². The molecule has 0 saturated carbocycles. The summed E-state index contributed by atoms with van der Waals surface area (Å²) >= 11 is 0. The molecule has 2 aliphatic heterocycles. The second kappa shape index (κ2) is 6.00. The summed E-state index contributed by atoms with van der Waals surface area (Å²) in [5, 5.41) is 3.45. The average Bonchev–Trinajstić information content (AvgIpc) is 2.70. The van der Waals surface area contributed by atoms with E-state index < -0.39 is 0 Å². The van der Waals surface area contributed by atoms with E-state index in [2.05, 4.69) is 23.2 Å². The number of benzene rings is 1. The van der Waals surface area contributed by atoms with Gasteiger partial charge >= 0.3 is 0 Å². The van der Waals surface area contributed by atoms with Crippen LogP contribution in [0.1, 0.15) is 23.1 Å². The van der Waals surface area contributed by atoms with E-state index in [-0.39, 0.29) is 6.67 Å². The lowest BCUT2D eigenvalue weighted by Gasteiger charge is -2.34. The van der Waals surface area contributed by atoms with Gasteiger partial charge in [0.1, 0.15) is 12.4 Å². The van der Waals surface area contributed by atoms with Crippen molar-refractivity contribution in [2.24, 2.45) is 0 Å². The van der Waals surface area contributed by atoms with E-state index in [0.29, 0.717) is 13.0 Å². The van der Waals surface area contributed by atoms with E-state index in [1.807, 2.05) is 0 Å². The van der Waals surface area contributed by atoms with Crippen molar-refractivity contribution in [3.05, 3.63) is 22.8 Å². The number of hydrogen-bond donors (Lipinski definition) is 1. The monoisotopic (exact) mass is 278 g/mol. The summed E-state index contributed by atoms with van der Waals surface area (Å²) in [6, 6.07) is 2.21. The average molecular weight is 278 g/mol. The van der Waals surface area contributed by atoms with Crippen LogP contribution in [0.3, 0.4) is 0 Å². The molecule has 0 aromatic heterocycles. The third-order valence-corrected chi connectivity index (χ3v) is 4.35. The summed E-state index contributed by atoms with van der Waals surface area (Å²) in [5.41, 5.74) is 5.41. The highest BCUT2D eigenvalue weighted by atomic mass is 19.1. The highest BCUT2D eigenvalue weighted by Gasteiger charge is 2.24. The molecule has 2 heterocycles. The zero-order chi connectivity index (χ0) is 13.9. The summed E-state index contributed by atoms with van der Waals surface area (Å²) in [5.74, 6) is 0.994. The number of nitrogens with one attached hydrogen (secondary N) is 1. The van der Waals surface area contributed by atoms with Gasteiger partial charge in [0.05, 0.1) is 18.9 Å². The van der Waals surface area contributed by atoms with Gasteiger partial charge < -0.3 is 15.0 Å². The Bertz CT molecular complexity index is 490. The van der Waals surface area contributed by atoms with E-state index in [9.17, 15) is 4.39 Å². The molecule has 0 radical (unpaired) electrons. The van der Waals surface area contributed by atoms with Crippen molar-refractivity contribution in [2.75, 3.05) is 44.4 Å². The quantitative estimate of drug-likeness (QED) is 0.917. The molecule has 20 heavy (non-hydrogen) atoms. The zero-order valence-electron chi connectivity index (χ0n) is 12.2. The van der Waals surface area contributed by atoms with E-state index in [1.165, 1.54) is 22.4 Å². The van der Waals surface area contributed by atoms with Gasteiger partial charge in [-0.2, -0.15) is 0 Å². The van der Waals surface area contributed by atoms with Crippen molar-refractivity contribution in [3.63, 3.8) is 0 Å². The molecule has 0 bridgehead atoms. The third kappa shape index (κ3) is 2.49. The standard InChI is InChI=1S/C16H23FN2O/c1-12-14-4-7-18-6-3-13(14)11-15-16(12)19(8-2-5-17)9-10-20-15/h11,18H,2-10H2,1H3. The molecular weight excluding hydrogens is 255 g/mol. The van der Waals surface area contributed by atoms with Gasteiger partial charge in [0.25, 0.3) is 0 Å². The van der Waals surface area contributed by atoms with Crippen LogP contribution in [0.5, 0.6) is 5.75 Å². The van der Waals surface area contributed by atoms with Crippen LogP contribution in [-0.4, -0.2) is 39.5 Å². The Morgan fingerprint density at radius 3 is 3.05 bits per heavy atom. The lowest BCUT2D eigenvalue weighted by atomic mass is 9.94. The van der Waals surface area contributed by atoms with Gasteiger partial charge in [-0.1, -0.05) is 0 Å². The molecule has 0 spiro atoms. The number of anilines is 1. The second-order valence-electron chi connectivity index (χ2n) is 5.61. The summed E-state index contributed by atoms with van der Waals surface area (Å²) in [6.45, 7) is 6.38. The molecule has 0 amide bonds. The molecule has 1 aromatic rings. The normalized spacial score (nSPS) is 18.0. The molecule has 3 nitrogen and oxygen atoms in total. The predicted molar refractivity (Wildman–Crippen MR) is 79.8 cm³/mol. The van der Waals surface area contributed by atoms with Crippen LogP contribution in [0, 0.1) is 6.92 Å². The predicted octanol–water partition coefficient (Wildman–Crippen LogP) is 2.24. The maximum atomic E-state index is 12.5. The van der Waals surface area contributed by atoms with Crippen molar-refractivity contribution >= 4 is 5.69 Å². The molecule has 0 saturated heterocycles. The third-order valence-electron chi connectivity index (χ3n) is 4.35. The SMILES string of the molecule is Cc1c2c(cc3c1N(CCCF)CCO3)CCNCC2. The van der Waals surface area contributed by atoms with E-state index >= 15 is 0 Å². The molecule has 1 aromatic carbocycles. The Morgan fingerprint density at radius 1 is 1.35 bits per heavy atom. The van der Waals surface area contributed by atoms with E-state index in [1.54, 1.807) is 0 Å². The Balaban J connectivity index is 2.00. The molecule has 0 atom stereocenters. The second-order valence-corrected chi connectivity index (χ2v) is 5.61. The maximum absolute atomic E-state index is 12.5. The summed E-state index contributed by atoms with van der Waals surface area (Å²) in [6.07, 6.45) is 2.74. The zero-order valence-corrected chi connectivity index (χ0v) is 12.2. The van der Waals surface area contributed by atoms with Crippen molar-refractivity contribution in [1.29, 1.82) is 0 Å². The molecule has 0 aliphatic carbocycles. The van der Waals surface area contributed by atoms with E-state index in [4.69, 9.17) is 4.74 Å². The molecule has 0 unspecified atom stereocenters. The number of halogens is 1. The fraction of sp³-hybridized carbons (Fsp3) is 0.625. The Kier molecular flexibility index (Phi) is 4.10. The summed E-state index contributed by atoms with van der Waals surface area (Å²) in [4.78, 5) is 2.30. The fourth-order valence-electron chi connectivity index (χ4n) is 3.37. The van der Waals surface area contributed by atoms with Crippen LogP contribution in [0.25, 0.3) is 0 Å². The van der Waals surface area contributed by atoms with Gasteiger partial charge in [-0.25, -0.2) is 0 Å². The van der Waals surface area contributed by atoms with Crippen molar-refractivity contribution in [1.82, 2.24) is 5.32 Å². The first kappa shape index (κ1) is 13.7. The number of hydrogen-bond acceptors (Lipinski definition) is 3. The molecule has 2 aliphatic rings. The topological polar surface area (TPSA) is 24.5 Å². The lowest BCUT2D eigenvalue weighted by molar-refractivity contribution is 0.305. The number of nitrogens with zero attached hydrogens (tertiary/aromatic N) is 1. The highest BCUT2D eigenvalue weighted by molar-refractivity contribution is 5.69. The first-order valence-corrected chi connectivity index (χ1v) is 7.61. The molecule has 4 heteroatoms. The van der Waals surface area contributed by atoms with Crippen LogP contribution >= 0.6 is 0 Å². The first-order valence-electron chi connectivity index (χ1n) is 7.61.